The second-order valence-corrected chi connectivity index (χ2v) is 11.6. The average Bonchev–Trinajstić information content (AvgIpc) is 3.72. The number of hydrogen-bond donors (Lipinski definition) is 0. The molecule has 218 valence electrons. The lowest BCUT2D eigenvalue weighted by atomic mass is 10.0. The van der Waals surface area contributed by atoms with Gasteiger partial charge in [0.2, 0.25) is 5.91 Å². The molecule has 1 saturated heterocycles. The van der Waals surface area contributed by atoms with Gasteiger partial charge in [0, 0.05) is 43.2 Å². The Kier molecular flexibility index (Phi) is 7.89. The van der Waals surface area contributed by atoms with E-state index in [4.69, 9.17) is 9.47 Å². The van der Waals surface area contributed by atoms with E-state index in [0.717, 1.165) is 17.4 Å². The van der Waals surface area contributed by atoms with Crippen LogP contribution in [0.1, 0.15) is 50.8 Å². The molecule has 1 aliphatic rings. The molecule has 0 spiro atoms. The van der Waals surface area contributed by atoms with Crippen LogP contribution in [0.3, 0.4) is 0 Å². The summed E-state index contributed by atoms with van der Waals surface area (Å²) < 4.78 is 30.1. The molecule has 12 heteroatoms. The molecule has 0 saturated carbocycles. The molecule has 0 bridgehead atoms. The van der Waals surface area contributed by atoms with Crippen molar-refractivity contribution in [1.82, 2.24) is 23.8 Å². The van der Waals surface area contributed by atoms with E-state index in [2.05, 4.69) is 5.10 Å². The summed E-state index contributed by atoms with van der Waals surface area (Å²) in [7, 11) is 1.48. The summed E-state index contributed by atoms with van der Waals surface area (Å²) in [5.41, 5.74) is -1.57. The van der Waals surface area contributed by atoms with Crippen LogP contribution in [0, 0.1) is 12.7 Å². The van der Waals surface area contributed by atoms with E-state index in [0.29, 0.717) is 45.2 Å². The lowest BCUT2D eigenvalue weighted by Gasteiger charge is -2.31. The Morgan fingerprint density at radius 2 is 1.95 bits per heavy atom. The summed E-state index contributed by atoms with van der Waals surface area (Å²) in [6, 6.07) is 5.90. The van der Waals surface area contributed by atoms with Gasteiger partial charge in [0.25, 0.3) is 5.56 Å². The number of halogens is 1. The van der Waals surface area contributed by atoms with Crippen molar-refractivity contribution in [3.8, 4) is 10.8 Å². The zero-order chi connectivity index (χ0) is 29.5. The van der Waals surface area contributed by atoms with Crippen LogP contribution in [0.2, 0.25) is 0 Å². The molecule has 10 nitrogen and oxygen atoms in total. The van der Waals surface area contributed by atoms with E-state index < -0.39 is 28.7 Å². The largest absolute Gasteiger partial charge is 0.496 e. The van der Waals surface area contributed by atoms with Crippen molar-refractivity contribution < 1.29 is 18.7 Å². The van der Waals surface area contributed by atoms with Crippen LogP contribution >= 0.6 is 11.3 Å². The Balaban J connectivity index is 1.77. The van der Waals surface area contributed by atoms with Crippen molar-refractivity contribution in [3.05, 3.63) is 74.4 Å². The average molecular weight is 584 g/mol. The monoisotopic (exact) mass is 583 g/mol. The van der Waals surface area contributed by atoms with Crippen molar-refractivity contribution >= 4 is 27.5 Å². The maximum atomic E-state index is 14.4. The molecule has 1 aliphatic heterocycles. The minimum absolute atomic E-state index is 0.0459. The van der Waals surface area contributed by atoms with E-state index >= 15 is 0 Å². The Hall–Kier alpha value is -3.77. The van der Waals surface area contributed by atoms with Crippen molar-refractivity contribution in [3.63, 3.8) is 0 Å². The number of fused-ring (bicyclic) bond motifs is 1. The van der Waals surface area contributed by atoms with Crippen LogP contribution in [0.25, 0.3) is 15.2 Å². The second-order valence-electron chi connectivity index (χ2n) is 10.6. The van der Waals surface area contributed by atoms with Crippen LogP contribution in [-0.2, 0) is 21.6 Å². The fourth-order valence-corrected chi connectivity index (χ4v) is 6.81. The van der Waals surface area contributed by atoms with Gasteiger partial charge in [0.05, 0.1) is 19.0 Å². The van der Waals surface area contributed by atoms with Gasteiger partial charge < -0.3 is 14.4 Å². The molecule has 1 atom stereocenters. The highest BCUT2D eigenvalue weighted by atomic mass is 32.1. The third-order valence-corrected chi connectivity index (χ3v) is 8.93. The first-order chi connectivity index (χ1) is 19.6. The van der Waals surface area contributed by atoms with Gasteiger partial charge in [-0.1, -0.05) is 11.3 Å². The zero-order valence-corrected chi connectivity index (χ0v) is 24.7. The number of thiophene rings is 1. The number of benzene rings is 1. The van der Waals surface area contributed by atoms with Crippen LogP contribution in [-0.4, -0.2) is 56.5 Å². The molecule has 5 rings (SSSR count). The van der Waals surface area contributed by atoms with Gasteiger partial charge in [0.1, 0.15) is 33.0 Å². The highest BCUT2D eigenvalue weighted by molar-refractivity contribution is 7.21. The van der Waals surface area contributed by atoms with E-state index in [1.54, 1.807) is 55.7 Å². The number of methoxy groups -OCH3 is 1. The maximum absolute atomic E-state index is 14.4. The number of hydrogen-bond acceptors (Lipinski definition) is 7. The van der Waals surface area contributed by atoms with Gasteiger partial charge in [-0.25, -0.2) is 18.4 Å². The Morgan fingerprint density at radius 3 is 2.59 bits per heavy atom. The topological polar surface area (TPSA) is 101 Å². The van der Waals surface area contributed by atoms with Crippen LogP contribution in [0.4, 0.5) is 4.39 Å². The van der Waals surface area contributed by atoms with E-state index in [1.807, 2.05) is 0 Å². The summed E-state index contributed by atoms with van der Waals surface area (Å²) in [5.74, 6) is -0.349. The summed E-state index contributed by atoms with van der Waals surface area (Å²) in [6.07, 6.45) is 4.37. The minimum Gasteiger partial charge on any atom is -0.496 e. The number of amides is 1. The number of ether oxygens (including phenoxy) is 2. The van der Waals surface area contributed by atoms with Gasteiger partial charge in [-0.2, -0.15) is 5.10 Å². The number of nitrogens with zero attached hydrogens (tertiary/aromatic N) is 5. The summed E-state index contributed by atoms with van der Waals surface area (Å²) in [6.45, 7) is 8.23. The number of aryl methyl sites for hydroxylation is 1. The zero-order valence-electron chi connectivity index (χ0n) is 23.8. The van der Waals surface area contributed by atoms with Crippen molar-refractivity contribution in [2.24, 2.45) is 0 Å². The molecule has 1 fully saturated rings. The quantitative estimate of drug-likeness (QED) is 0.295. The number of carbonyl (C=O) groups excluding carboxylic acids is 1. The fraction of sp³-hybridized carbons (Fsp3) is 0.448. The lowest BCUT2D eigenvalue weighted by molar-refractivity contribution is -0.138. The number of likely N-dealkylation sites (tertiary alicyclic amines) is 1. The van der Waals surface area contributed by atoms with E-state index in [9.17, 15) is 18.8 Å². The molecule has 3 aromatic heterocycles. The predicted octanol–water partition coefficient (Wildman–Crippen LogP) is 4.00. The van der Waals surface area contributed by atoms with E-state index in [-0.39, 0.29) is 19.1 Å². The van der Waals surface area contributed by atoms with Crippen LogP contribution in [0.5, 0.6) is 5.75 Å². The number of aromatic nitrogens is 4. The van der Waals surface area contributed by atoms with Crippen molar-refractivity contribution in [1.29, 1.82) is 0 Å². The molecule has 1 amide bonds. The molecular weight excluding hydrogens is 549 g/mol. The molecule has 0 unspecified atom stereocenters. The molecule has 41 heavy (non-hydrogen) atoms. The first-order valence-electron chi connectivity index (χ1n) is 13.6. The fourth-order valence-electron chi connectivity index (χ4n) is 5.56. The van der Waals surface area contributed by atoms with E-state index in [1.165, 1.54) is 41.2 Å². The molecule has 1 aromatic carbocycles. The Morgan fingerprint density at radius 1 is 1.22 bits per heavy atom. The van der Waals surface area contributed by atoms with Gasteiger partial charge in [-0.3, -0.25) is 14.2 Å². The molecule has 0 radical (unpaired) electrons. The SMILES string of the molecule is CCO[C@@H](Cn1c(=O)n(C(C)(C)C(=O)N2CCCC2)c(=O)c2c(C)c(-n3cccn3)sc21)c1cc(F)ccc1OC. The molecular formula is C29H34FN5O5S. The molecule has 0 N–H and O–H groups in total. The minimum atomic E-state index is -1.45. The smallest absolute Gasteiger partial charge is 0.333 e. The van der Waals surface area contributed by atoms with Gasteiger partial charge in [-0.05, 0) is 64.8 Å². The Labute approximate surface area is 240 Å². The molecule has 0 aliphatic carbocycles. The van der Waals surface area contributed by atoms with Crippen molar-refractivity contribution in [2.45, 2.75) is 58.7 Å². The Bertz CT molecular complexity index is 1700. The summed E-state index contributed by atoms with van der Waals surface area (Å²) >= 11 is 1.25. The normalized spacial score (nSPS) is 14.6. The standard InChI is InChI=1S/C29H34FN5O5S/c1-6-40-22(20-16-19(30)10-11-21(20)39-5)17-33-26-23(18(2)25(41-26)34-15-9-12-31-34)24(36)35(28(33)38)29(3,4)27(37)32-13-7-8-14-32/h9-12,15-16,22H,6-8,13-14,17H2,1-5H3/t22-/m0/s1. The number of carbonyl (C=O) groups is 1. The molecule has 4 aromatic rings. The predicted molar refractivity (Wildman–Crippen MR) is 155 cm³/mol. The first kappa shape index (κ1) is 28.7. The highest BCUT2D eigenvalue weighted by Gasteiger charge is 2.39. The van der Waals surface area contributed by atoms with Crippen molar-refractivity contribution in [2.75, 3.05) is 26.8 Å². The third-order valence-electron chi connectivity index (χ3n) is 7.63. The highest BCUT2D eigenvalue weighted by Crippen LogP contribution is 2.34. The molecule has 4 heterocycles. The summed E-state index contributed by atoms with van der Waals surface area (Å²) in [4.78, 5) is 44.3. The van der Waals surface area contributed by atoms with Gasteiger partial charge in [-0.15, -0.1) is 0 Å². The number of rotatable bonds is 9. The van der Waals surface area contributed by atoms with Crippen LogP contribution in [0.15, 0.2) is 46.2 Å². The van der Waals surface area contributed by atoms with Gasteiger partial charge in [0.15, 0.2) is 0 Å². The first-order valence-corrected chi connectivity index (χ1v) is 14.5. The maximum Gasteiger partial charge on any atom is 0.333 e. The van der Waals surface area contributed by atoms with Gasteiger partial charge >= 0.3 is 5.69 Å². The third kappa shape index (κ3) is 4.99. The summed E-state index contributed by atoms with van der Waals surface area (Å²) in [5, 5.41) is 5.33. The lowest BCUT2D eigenvalue weighted by Crippen LogP contribution is -2.56. The van der Waals surface area contributed by atoms with Crippen LogP contribution < -0.4 is 16.0 Å². The second kappa shape index (κ2) is 11.2.